The summed E-state index contributed by atoms with van der Waals surface area (Å²) in [6, 6.07) is 114. The summed E-state index contributed by atoms with van der Waals surface area (Å²) in [5, 5.41) is 4.91. The van der Waals surface area contributed by atoms with Crippen LogP contribution in [0.25, 0.3) is 90.4 Å². The molecule has 0 aliphatic heterocycles. The fourth-order valence-corrected chi connectivity index (χ4v) is 11.1. The molecule has 0 radical (unpaired) electrons. The zero-order valence-corrected chi connectivity index (χ0v) is 44.2. The quantitative estimate of drug-likeness (QED) is 0.0791. The van der Waals surface area contributed by atoms with Crippen molar-refractivity contribution in [3.63, 3.8) is 0 Å². The highest BCUT2D eigenvalue weighted by molar-refractivity contribution is 6.21. The van der Waals surface area contributed by atoms with Crippen LogP contribution in [-0.2, 0) is 0 Å². The van der Waals surface area contributed by atoms with E-state index >= 15 is 0 Å². The van der Waals surface area contributed by atoms with Gasteiger partial charge < -0.3 is 9.80 Å². The van der Waals surface area contributed by atoms with Gasteiger partial charge in [-0.2, -0.15) is 0 Å². The number of hydrogen-bond acceptors (Lipinski definition) is 2. The number of anilines is 6. The van der Waals surface area contributed by atoms with Crippen LogP contribution in [-0.4, -0.2) is 0 Å². The zero-order chi connectivity index (χ0) is 53.5. The predicted octanol–water partition coefficient (Wildman–Crippen LogP) is 21.9. The average molecular weight is 1020 g/mol. The number of para-hydroxylation sites is 2. The molecule has 80 heavy (non-hydrogen) atoms. The summed E-state index contributed by atoms with van der Waals surface area (Å²) in [7, 11) is 0. The van der Waals surface area contributed by atoms with E-state index in [9.17, 15) is 0 Å². The molecule has 0 amide bonds. The van der Waals surface area contributed by atoms with E-state index in [2.05, 4.69) is 337 Å². The van der Waals surface area contributed by atoms with Gasteiger partial charge in [0.1, 0.15) is 0 Å². The maximum Gasteiger partial charge on any atom is 0.0462 e. The van der Waals surface area contributed by atoms with Crippen LogP contribution in [0.5, 0.6) is 0 Å². The van der Waals surface area contributed by atoms with E-state index < -0.39 is 0 Å². The standard InChI is InChI=1S/C78H56N2/c1-5-19-57(20-6-1)35-37-59-39-47-69(48-40-59)79(67-27-9-3-10-28-67)71-51-43-61(44-52-71)63-23-17-25-65(55-63)77-73-31-13-15-33-75(73)78(76-34-16-14-32-74(76)77)66-26-18-24-64(56-66)62-45-53-72(54-46-62)80(68-29-11-4-12-30-68)70-49-41-60(42-50-70)38-36-58-21-7-2-8-22-58/h1-56H/b37-35+,38-36+. The first kappa shape index (κ1) is 49.1. The number of nitrogens with zero attached hydrogens (tertiary/aromatic N) is 2. The van der Waals surface area contributed by atoms with Crippen LogP contribution in [0.3, 0.4) is 0 Å². The monoisotopic (exact) mass is 1020 g/mol. The van der Waals surface area contributed by atoms with Gasteiger partial charge in [-0.1, -0.05) is 255 Å². The summed E-state index contributed by atoms with van der Waals surface area (Å²) < 4.78 is 0. The molecule has 13 aromatic carbocycles. The second kappa shape index (κ2) is 22.6. The smallest absolute Gasteiger partial charge is 0.0462 e. The molecule has 0 aliphatic rings. The third-order valence-electron chi connectivity index (χ3n) is 15.0. The van der Waals surface area contributed by atoms with Crippen LogP contribution in [0.2, 0.25) is 0 Å². The molecule has 13 aromatic rings. The zero-order valence-electron chi connectivity index (χ0n) is 44.2. The van der Waals surface area contributed by atoms with Gasteiger partial charge in [0.15, 0.2) is 0 Å². The van der Waals surface area contributed by atoms with Crippen LogP contribution in [0.4, 0.5) is 34.1 Å². The fourth-order valence-electron chi connectivity index (χ4n) is 11.1. The van der Waals surface area contributed by atoms with Crippen LogP contribution in [0.15, 0.2) is 315 Å². The van der Waals surface area contributed by atoms with Crippen LogP contribution < -0.4 is 9.80 Å². The molecule has 378 valence electrons. The number of benzene rings is 13. The van der Waals surface area contributed by atoms with Crippen LogP contribution >= 0.6 is 0 Å². The van der Waals surface area contributed by atoms with Crippen molar-refractivity contribution in [3.8, 4) is 44.5 Å². The van der Waals surface area contributed by atoms with Gasteiger partial charge in [-0.05, 0) is 173 Å². The maximum atomic E-state index is 2.36. The van der Waals surface area contributed by atoms with Crippen molar-refractivity contribution in [2.24, 2.45) is 0 Å². The molecule has 0 fully saturated rings. The first-order valence-corrected chi connectivity index (χ1v) is 27.4. The van der Waals surface area contributed by atoms with Crippen molar-refractivity contribution >= 4 is 80.0 Å². The summed E-state index contributed by atoms with van der Waals surface area (Å²) in [6.07, 6.45) is 8.65. The molecule has 0 unspecified atom stereocenters. The lowest BCUT2D eigenvalue weighted by Gasteiger charge is -2.26. The average Bonchev–Trinajstić information content (AvgIpc) is 3.66. The second-order valence-corrected chi connectivity index (χ2v) is 20.1. The molecule has 2 nitrogen and oxygen atoms in total. The van der Waals surface area contributed by atoms with Crippen molar-refractivity contribution in [3.05, 3.63) is 338 Å². The Morgan fingerprint density at radius 2 is 0.425 bits per heavy atom. The number of hydrogen-bond donors (Lipinski definition) is 0. The van der Waals surface area contributed by atoms with Crippen molar-refractivity contribution in [2.75, 3.05) is 9.80 Å². The van der Waals surface area contributed by atoms with Crippen molar-refractivity contribution in [1.82, 2.24) is 0 Å². The third kappa shape index (κ3) is 10.4. The lowest BCUT2D eigenvalue weighted by Crippen LogP contribution is -2.09. The summed E-state index contributed by atoms with van der Waals surface area (Å²) in [4.78, 5) is 4.65. The molecule has 13 rings (SSSR count). The Bertz CT molecular complexity index is 3940. The van der Waals surface area contributed by atoms with Gasteiger partial charge in [0.25, 0.3) is 0 Å². The lowest BCUT2D eigenvalue weighted by atomic mass is 9.85. The topological polar surface area (TPSA) is 6.48 Å². The maximum absolute atomic E-state index is 2.36. The summed E-state index contributed by atoms with van der Waals surface area (Å²) in [5.74, 6) is 0. The Hall–Kier alpha value is -10.5. The normalized spacial score (nSPS) is 11.4. The van der Waals surface area contributed by atoms with E-state index in [1.165, 1.54) is 66.1 Å². The predicted molar refractivity (Wildman–Crippen MR) is 343 cm³/mol. The minimum absolute atomic E-state index is 1.09. The van der Waals surface area contributed by atoms with Gasteiger partial charge in [0.05, 0.1) is 0 Å². The first-order valence-electron chi connectivity index (χ1n) is 27.4. The van der Waals surface area contributed by atoms with Crippen molar-refractivity contribution in [2.45, 2.75) is 0 Å². The Morgan fingerprint density at radius 3 is 0.750 bits per heavy atom. The molecule has 0 N–H and O–H groups in total. The summed E-state index contributed by atoms with van der Waals surface area (Å²) >= 11 is 0. The SMILES string of the molecule is C(=C\c1ccc(N(c2ccccc2)c2ccc(-c3cccc(-c4c5ccccc5c(-c5cccc(-c6ccc(N(c7ccccc7)c7ccc(/C=C/c8ccccc8)cc7)cc6)c5)c5ccccc45)c3)cc2)cc1)/c1ccccc1. The third-order valence-corrected chi connectivity index (χ3v) is 15.0. The van der Waals surface area contributed by atoms with E-state index in [0.29, 0.717) is 0 Å². The Balaban J connectivity index is 0.804. The highest BCUT2D eigenvalue weighted by Gasteiger charge is 2.19. The molecule has 0 bridgehead atoms. The molecule has 0 saturated heterocycles. The Morgan fingerprint density at radius 1 is 0.175 bits per heavy atom. The second-order valence-electron chi connectivity index (χ2n) is 20.1. The number of rotatable bonds is 14. The van der Waals surface area contributed by atoms with Gasteiger partial charge in [0.2, 0.25) is 0 Å². The van der Waals surface area contributed by atoms with Crippen molar-refractivity contribution < 1.29 is 0 Å². The van der Waals surface area contributed by atoms with Gasteiger partial charge in [-0.15, -0.1) is 0 Å². The molecular formula is C78H56N2. The molecular weight excluding hydrogens is 965 g/mol. The van der Waals surface area contributed by atoms with E-state index in [-0.39, 0.29) is 0 Å². The van der Waals surface area contributed by atoms with Gasteiger partial charge in [0, 0.05) is 34.1 Å². The molecule has 0 atom stereocenters. The van der Waals surface area contributed by atoms with Crippen molar-refractivity contribution in [1.29, 1.82) is 0 Å². The lowest BCUT2D eigenvalue weighted by molar-refractivity contribution is 1.28. The molecule has 0 spiro atoms. The van der Waals surface area contributed by atoms with Gasteiger partial charge >= 0.3 is 0 Å². The van der Waals surface area contributed by atoms with E-state index in [0.717, 1.165) is 56.4 Å². The van der Waals surface area contributed by atoms with Crippen LogP contribution in [0.1, 0.15) is 22.3 Å². The minimum Gasteiger partial charge on any atom is -0.311 e. The largest absolute Gasteiger partial charge is 0.311 e. The highest BCUT2D eigenvalue weighted by Crippen LogP contribution is 2.46. The molecule has 0 aromatic heterocycles. The van der Waals surface area contributed by atoms with E-state index in [4.69, 9.17) is 0 Å². The van der Waals surface area contributed by atoms with Gasteiger partial charge in [-0.3, -0.25) is 0 Å². The molecule has 0 saturated carbocycles. The molecule has 0 heterocycles. The Labute approximate surface area is 469 Å². The minimum atomic E-state index is 1.09. The van der Waals surface area contributed by atoms with Gasteiger partial charge in [-0.25, -0.2) is 0 Å². The summed E-state index contributed by atoms with van der Waals surface area (Å²) in [6.45, 7) is 0. The van der Waals surface area contributed by atoms with E-state index in [1.54, 1.807) is 0 Å². The summed E-state index contributed by atoms with van der Waals surface area (Å²) in [5.41, 5.74) is 20.8. The fraction of sp³-hybridized carbons (Fsp3) is 0. The Kier molecular flexibility index (Phi) is 13.8. The van der Waals surface area contributed by atoms with Crippen LogP contribution in [0, 0.1) is 0 Å². The highest BCUT2D eigenvalue weighted by atomic mass is 15.1. The first-order chi connectivity index (χ1) is 39.7. The van der Waals surface area contributed by atoms with E-state index in [1.807, 2.05) is 12.1 Å². The molecule has 0 aliphatic carbocycles. The molecule has 2 heteroatoms. The number of fused-ring (bicyclic) bond motifs is 2.